The van der Waals surface area contributed by atoms with Gasteiger partial charge in [-0.1, -0.05) is 49.7 Å². The Kier molecular flexibility index (Phi) is 8.70. The molecule has 0 bridgehead atoms. The molecule has 3 aromatic carbocycles. The van der Waals surface area contributed by atoms with Gasteiger partial charge in [0, 0.05) is 44.6 Å². The summed E-state index contributed by atoms with van der Waals surface area (Å²) >= 11 is 6.41. The normalized spacial score (nSPS) is 13.7. The molecule has 220 valence electrons. The van der Waals surface area contributed by atoms with Crippen LogP contribution in [0.3, 0.4) is 0 Å². The van der Waals surface area contributed by atoms with Gasteiger partial charge in [0.1, 0.15) is 16.8 Å². The molecule has 1 saturated heterocycles. The molecular weight excluding hydrogens is 559 g/mol. The molecule has 0 aliphatic carbocycles. The first kappa shape index (κ1) is 29.4. The van der Waals surface area contributed by atoms with Crippen LogP contribution in [0.25, 0.3) is 16.6 Å². The Bertz CT molecular complexity index is 1660. The van der Waals surface area contributed by atoms with Crippen LogP contribution in [0.5, 0.6) is 5.75 Å². The van der Waals surface area contributed by atoms with Crippen LogP contribution >= 0.6 is 11.6 Å². The van der Waals surface area contributed by atoms with E-state index >= 15 is 4.39 Å². The number of ether oxygens (including phenoxy) is 1. The quantitative estimate of drug-likeness (QED) is 0.269. The van der Waals surface area contributed by atoms with Gasteiger partial charge in [-0.3, -0.25) is 9.69 Å². The maximum atomic E-state index is 15.9. The van der Waals surface area contributed by atoms with E-state index in [1.807, 2.05) is 53.4 Å². The van der Waals surface area contributed by atoms with Crippen LogP contribution < -0.4 is 20.0 Å². The van der Waals surface area contributed by atoms with Crippen molar-refractivity contribution in [3.63, 3.8) is 0 Å². The number of aromatic nitrogens is 1. The van der Waals surface area contributed by atoms with Crippen molar-refractivity contribution >= 4 is 39.8 Å². The van der Waals surface area contributed by atoms with Crippen LogP contribution in [-0.2, 0) is 6.54 Å². The summed E-state index contributed by atoms with van der Waals surface area (Å²) in [6, 6.07) is 16.4. The van der Waals surface area contributed by atoms with E-state index in [9.17, 15) is 14.7 Å². The van der Waals surface area contributed by atoms with Crippen molar-refractivity contribution in [1.29, 1.82) is 0 Å². The zero-order chi connectivity index (χ0) is 30.0. The summed E-state index contributed by atoms with van der Waals surface area (Å²) in [6.45, 7) is 9.01. The molecular formula is C32H34ClFN4O4. The van der Waals surface area contributed by atoms with Crippen LogP contribution in [0, 0.1) is 5.82 Å². The van der Waals surface area contributed by atoms with E-state index in [-0.39, 0.29) is 16.8 Å². The molecule has 0 saturated carbocycles. The maximum Gasteiger partial charge on any atom is 0.341 e. The van der Waals surface area contributed by atoms with Gasteiger partial charge in [-0.15, -0.1) is 0 Å². The zero-order valence-corrected chi connectivity index (χ0v) is 24.7. The average molecular weight is 593 g/mol. The Balaban J connectivity index is 1.60. The Morgan fingerprint density at radius 3 is 2.26 bits per heavy atom. The highest BCUT2D eigenvalue weighted by Gasteiger charge is 2.28. The fourth-order valence-electron chi connectivity index (χ4n) is 5.61. The number of methoxy groups -OCH3 is 1. The number of halogens is 2. The second-order valence-corrected chi connectivity index (χ2v) is 10.6. The Hall–Kier alpha value is -4.08. The Labute approximate surface area is 249 Å². The lowest BCUT2D eigenvalue weighted by Gasteiger charge is -2.38. The number of hydrogen-bond acceptors (Lipinski definition) is 6. The third kappa shape index (κ3) is 5.54. The lowest BCUT2D eigenvalue weighted by molar-refractivity contribution is 0.0695. The number of anilines is 2. The number of benzene rings is 3. The van der Waals surface area contributed by atoms with Crippen LogP contribution in [0.2, 0.25) is 5.02 Å². The van der Waals surface area contributed by atoms with E-state index in [0.717, 1.165) is 37.0 Å². The highest BCUT2D eigenvalue weighted by molar-refractivity contribution is 6.33. The summed E-state index contributed by atoms with van der Waals surface area (Å²) < 4.78 is 23.3. The summed E-state index contributed by atoms with van der Waals surface area (Å²) in [5, 5.41) is 10.4. The number of aromatic carboxylic acids is 1. The first-order valence-electron chi connectivity index (χ1n) is 14.0. The highest BCUT2D eigenvalue weighted by Crippen LogP contribution is 2.40. The maximum absolute atomic E-state index is 15.9. The summed E-state index contributed by atoms with van der Waals surface area (Å²) in [6.07, 6.45) is 1.30. The summed E-state index contributed by atoms with van der Waals surface area (Å²) in [7, 11) is 1.44. The van der Waals surface area contributed by atoms with E-state index < -0.39 is 22.8 Å². The molecule has 8 nitrogen and oxygen atoms in total. The van der Waals surface area contributed by atoms with Gasteiger partial charge in [0.15, 0.2) is 11.6 Å². The lowest BCUT2D eigenvalue weighted by Crippen LogP contribution is -2.47. The molecule has 5 rings (SSSR count). The fraction of sp³-hybridized carbons (Fsp3) is 0.312. The van der Waals surface area contributed by atoms with E-state index in [0.29, 0.717) is 42.4 Å². The molecule has 1 fully saturated rings. The molecule has 0 unspecified atom stereocenters. The third-order valence-electron chi connectivity index (χ3n) is 7.91. The number of nitrogens with zero attached hydrogens (tertiary/aromatic N) is 4. The molecule has 1 N–H and O–H groups in total. The van der Waals surface area contributed by atoms with Gasteiger partial charge in [-0.25, -0.2) is 9.18 Å². The Morgan fingerprint density at radius 1 is 1.02 bits per heavy atom. The van der Waals surface area contributed by atoms with Crippen molar-refractivity contribution in [2.45, 2.75) is 20.4 Å². The van der Waals surface area contributed by atoms with Gasteiger partial charge in [-0.05, 0) is 49.0 Å². The van der Waals surface area contributed by atoms with Gasteiger partial charge in [0.05, 0.1) is 23.2 Å². The molecule has 2 heterocycles. The molecule has 0 amide bonds. The molecule has 1 aliphatic heterocycles. The minimum absolute atomic E-state index is 0.0603. The number of piperazine rings is 1. The van der Waals surface area contributed by atoms with Crippen molar-refractivity contribution in [2.24, 2.45) is 0 Å². The van der Waals surface area contributed by atoms with Crippen LogP contribution in [0.1, 0.15) is 29.8 Å². The number of para-hydroxylation sites is 1. The van der Waals surface area contributed by atoms with Crippen molar-refractivity contribution in [3.8, 4) is 11.4 Å². The molecule has 1 aromatic heterocycles. The predicted molar refractivity (Wildman–Crippen MR) is 166 cm³/mol. The standard InChI is InChI=1S/C32H34ClFN4O4/c1-4-35(5-2)19-21-10-12-22(13-11-21)38-20-24(32(40)41)30(39)23-18-26(34)29(31(42-3)28(23)38)37-16-14-36(15-17-37)27-9-7-6-8-25(27)33/h6-13,18,20H,4-5,14-17,19H2,1-3H3,(H,40,41). The van der Waals surface area contributed by atoms with Gasteiger partial charge < -0.3 is 24.2 Å². The highest BCUT2D eigenvalue weighted by atomic mass is 35.5. The molecule has 10 heteroatoms. The molecule has 0 atom stereocenters. The van der Waals surface area contributed by atoms with Crippen molar-refractivity contribution in [3.05, 3.63) is 93.0 Å². The van der Waals surface area contributed by atoms with E-state index in [2.05, 4.69) is 23.6 Å². The minimum atomic E-state index is -1.38. The summed E-state index contributed by atoms with van der Waals surface area (Å²) in [4.78, 5) is 31.7. The van der Waals surface area contributed by atoms with Crippen molar-refractivity contribution in [2.75, 3.05) is 56.2 Å². The minimum Gasteiger partial charge on any atom is -0.492 e. The smallest absolute Gasteiger partial charge is 0.341 e. The first-order valence-corrected chi connectivity index (χ1v) is 14.4. The average Bonchev–Trinajstić information content (AvgIpc) is 3.00. The topological polar surface area (TPSA) is 78.2 Å². The monoisotopic (exact) mass is 592 g/mol. The van der Waals surface area contributed by atoms with Crippen LogP contribution in [0.15, 0.2) is 65.6 Å². The number of fused-ring (bicyclic) bond motifs is 1. The first-order chi connectivity index (χ1) is 20.3. The van der Waals surface area contributed by atoms with Crippen LogP contribution in [-0.4, -0.2) is 66.9 Å². The summed E-state index contributed by atoms with van der Waals surface area (Å²) in [5.41, 5.74) is 1.99. The number of hydrogen-bond donors (Lipinski definition) is 1. The second kappa shape index (κ2) is 12.4. The number of carboxylic acids is 1. The van der Waals surface area contributed by atoms with E-state index in [4.69, 9.17) is 16.3 Å². The molecule has 0 spiro atoms. The SMILES string of the molecule is CCN(CC)Cc1ccc(-n2cc(C(=O)O)c(=O)c3cc(F)c(N4CCN(c5ccccc5Cl)CC4)c(OC)c32)cc1. The number of pyridine rings is 1. The second-order valence-electron chi connectivity index (χ2n) is 10.2. The van der Waals surface area contributed by atoms with Crippen molar-refractivity contribution in [1.82, 2.24) is 9.47 Å². The number of carbonyl (C=O) groups is 1. The van der Waals surface area contributed by atoms with Gasteiger partial charge in [0.25, 0.3) is 0 Å². The molecule has 0 radical (unpaired) electrons. The van der Waals surface area contributed by atoms with Gasteiger partial charge in [-0.2, -0.15) is 0 Å². The molecule has 4 aromatic rings. The molecule has 42 heavy (non-hydrogen) atoms. The zero-order valence-electron chi connectivity index (χ0n) is 23.9. The Morgan fingerprint density at radius 2 is 1.67 bits per heavy atom. The van der Waals surface area contributed by atoms with Crippen molar-refractivity contribution < 1.29 is 19.0 Å². The largest absolute Gasteiger partial charge is 0.492 e. The van der Waals surface area contributed by atoms with E-state index in [1.54, 1.807) is 4.57 Å². The van der Waals surface area contributed by atoms with Gasteiger partial charge >= 0.3 is 5.97 Å². The molecule has 1 aliphatic rings. The van der Waals surface area contributed by atoms with Crippen LogP contribution in [0.4, 0.5) is 15.8 Å². The predicted octanol–water partition coefficient (Wildman–Crippen LogP) is 5.66. The number of rotatable bonds is 9. The van der Waals surface area contributed by atoms with E-state index in [1.165, 1.54) is 13.3 Å². The third-order valence-corrected chi connectivity index (χ3v) is 8.23. The fourth-order valence-corrected chi connectivity index (χ4v) is 5.86. The van der Waals surface area contributed by atoms with Gasteiger partial charge in [0.2, 0.25) is 5.43 Å². The lowest BCUT2D eigenvalue weighted by atomic mass is 10.1. The number of carboxylic acid groups (broad SMARTS) is 1. The summed E-state index contributed by atoms with van der Waals surface area (Å²) in [5.74, 6) is -1.85.